The second kappa shape index (κ2) is 10.9. The Labute approximate surface area is 193 Å². The highest BCUT2D eigenvalue weighted by atomic mass is 35.5. The molecular formula is C22H22ClF2N5O3. The third-order valence-corrected chi connectivity index (χ3v) is 5.22. The average molecular weight is 478 g/mol. The first-order valence-electron chi connectivity index (χ1n) is 10.1. The highest BCUT2D eigenvalue weighted by molar-refractivity contribution is 6.30. The number of fused-ring (bicyclic) bond motifs is 1. The zero-order valence-corrected chi connectivity index (χ0v) is 18.3. The van der Waals surface area contributed by atoms with Crippen molar-refractivity contribution in [2.75, 3.05) is 19.8 Å². The van der Waals surface area contributed by atoms with E-state index in [0.717, 1.165) is 0 Å². The van der Waals surface area contributed by atoms with E-state index in [1.165, 1.54) is 21.7 Å². The predicted octanol–water partition coefficient (Wildman–Crippen LogP) is 2.43. The van der Waals surface area contributed by atoms with E-state index in [9.17, 15) is 23.2 Å². The summed E-state index contributed by atoms with van der Waals surface area (Å²) >= 11 is 5.74. The molecule has 174 valence electrons. The van der Waals surface area contributed by atoms with Crippen LogP contribution in [0.3, 0.4) is 0 Å². The lowest BCUT2D eigenvalue weighted by Gasteiger charge is -2.22. The van der Waals surface area contributed by atoms with Crippen molar-refractivity contribution in [3.63, 3.8) is 0 Å². The second-order valence-electron chi connectivity index (χ2n) is 7.24. The zero-order chi connectivity index (χ0) is 24.0. The van der Waals surface area contributed by atoms with Gasteiger partial charge in [0.25, 0.3) is 5.91 Å². The minimum atomic E-state index is -0.737. The van der Waals surface area contributed by atoms with E-state index in [0.29, 0.717) is 10.9 Å². The number of amides is 3. The van der Waals surface area contributed by atoms with E-state index in [4.69, 9.17) is 17.3 Å². The molecule has 0 saturated heterocycles. The van der Waals surface area contributed by atoms with Gasteiger partial charge in [-0.15, -0.1) is 0 Å². The van der Waals surface area contributed by atoms with Crippen molar-refractivity contribution in [3.05, 3.63) is 64.6 Å². The van der Waals surface area contributed by atoms with Gasteiger partial charge in [0.15, 0.2) is 5.69 Å². The van der Waals surface area contributed by atoms with Crippen LogP contribution in [0.5, 0.6) is 0 Å². The largest absolute Gasteiger partial charge is 0.364 e. The van der Waals surface area contributed by atoms with Crippen LogP contribution >= 0.6 is 11.6 Å². The van der Waals surface area contributed by atoms with Gasteiger partial charge in [0.1, 0.15) is 12.4 Å². The molecule has 0 saturated carbocycles. The van der Waals surface area contributed by atoms with Crippen LogP contribution in [-0.4, -0.2) is 52.2 Å². The number of nitrogens with zero attached hydrogens (tertiary/aromatic N) is 3. The topological polar surface area (TPSA) is 110 Å². The summed E-state index contributed by atoms with van der Waals surface area (Å²) in [6.45, 7) is -1.44. The number of hydrogen-bond donors (Lipinski definition) is 2. The summed E-state index contributed by atoms with van der Waals surface area (Å²) in [6.07, 6.45) is 0.0360. The van der Waals surface area contributed by atoms with Crippen molar-refractivity contribution in [2.24, 2.45) is 5.73 Å². The van der Waals surface area contributed by atoms with Gasteiger partial charge in [0.2, 0.25) is 11.8 Å². The third kappa shape index (κ3) is 5.83. The Bertz CT molecular complexity index is 1180. The number of halogens is 3. The Kier molecular flexibility index (Phi) is 7.94. The lowest BCUT2D eigenvalue weighted by molar-refractivity contribution is -0.136. The van der Waals surface area contributed by atoms with Gasteiger partial charge in [-0.25, -0.2) is 4.39 Å². The van der Waals surface area contributed by atoms with Gasteiger partial charge in [-0.2, -0.15) is 5.10 Å². The Morgan fingerprint density at radius 1 is 1.15 bits per heavy atom. The number of nitrogens with one attached hydrogen (secondary N) is 1. The number of rotatable bonds is 10. The van der Waals surface area contributed by atoms with Crippen molar-refractivity contribution < 1.29 is 23.2 Å². The van der Waals surface area contributed by atoms with E-state index in [2.05, 4.69) is 10.4 Å². The van der Waals surface area contributed by atoms with E-state index in [1.54, 1.807) is 30.3 Å². The molecule has 0 aliphatic rings. The highest BCUT2D eigenvalue weighted by Crippen LogP contribution is 2.19. The molecule has 0 spiro atoms. The quantitative estimate of drug-likeness (QED) is 0.467. The number of carbonyl (C=O) groups excluding carboxylic acids is 3. The van der Waals surface area contributed by atoms with Gasteiger partial charge < -0.3 is 16.0 Å². The number of hydrogen-bond acceptors (Lipinski definition) is 4. The highest BCUT2D eigenvalue weighted by Gasteiger charge is 2.21. The van der Waals surface area contributed by atoms with Gasteiger partial charge >= 0.3 is 0 Å². The maximum atomic E-state index is 14.0. The monoisotopic (exact) mass is 477 g/mol. The lowest BCUT2D eigenvalue weighted by atomic mass is 10.2. The first-order chi connectivity index (χ1) is 15.8. The Morgan fingerprint density at radius 2 is 1.91 bits per heavy atom. The molecule has 1 aromatic heterocycles. The van der Waals surface area contributed by atoms with E-state index >= 15 is 0 Å². The van der Waals surface area contributed by atoms with Crippen LogP contribution in [0.2, 0.25) is 5.02 Å². The lowest BCUT2D eigenvalue weighted by Crippen LogP contribution is -2.42. The fourth-order valence-corrected chi connectivity index (χ4v) is 3.50. The van der Waals surface area contributed by atoms with Crippen LogP contribution in [0.4, 0.5) is 8.78 Å². The molecule has 3 N–H and O–H groups in total. The average Bonchev–Trinajstić information content (AvgIpc) is 3.16. The molecule has 8 nitrogen and oxygen atoms in total. The maximum absolute atomic E-state index is 14.0. The van der Waals surface area contributed by atoms with Crippen molar-refractivity contribution in [2.45, 2.75) is 19.5 Å². The van der Waals surface area contributed by atoms with Crippen LogP contribution in [0, 0.1) is 5.82 Å². The van der Waals surface area contributed by atoms with Gasteiger partial charge in [-0.05, 0) is 18.6 Å². The molecule has 3 amide bonds. The molecule has 1 heterocycles. The van der Waals surface area contributed by atoms with Gasteiger partial charge in [0.05, 0.1) is 23.8 Å². The Morgan fingerprint density at radius 3 is 2.64 bits per heavy atom. The SMILES string of the molecule is NC(=O)c1nn(CC(=O)N(CCCF)CC(=O)NCc2cccc(Cl)c2F)c2ccccc12. The molecular weight excluding hydrogens is 456 g/mol. The van der Waals surface area contributed by atoms with Crippen LogP contribution in [0.25, 0.3) is 10.9 Å². The van der Waals surface area contributed by atoms with E-state index in [1.807, 2.05) is 0 Å². The van der Waals surface area contributed by atoms with Crippen molar-refractivity contribution in [1.29, 1.82) is 0 Å². The summed E-state index contributed by atoms with van der Waals surface area (Å²) < 4.78 is 28.1. The van der Waals surface area contributed by atoms with Crippen LogP contribution in [0.1, 0.15) is 22.5 Å². The fourth-order valence-electron chi connectivity index (χ4n) is 3.31. The molecule has 0 aliphatic carbocycles. The van der Waals surface area contributed by atoms with Gasteiger partial charge in [0, 0.05) is 24.0 Å². The third-order valence-electron chi connectivity index (χ3n) is 4.93. The molecule has 0 bridgehead atoms. The number of carbonyl (C=O) groups is 3. The zero-order valence-electron chi connectivity index (χ0n) is 17.6. The van der Waals surface area contributed by atoms with Gasteiger partial charge in [-0.3, -0.25) is 23.5 Å². The number of alkyl halides is 1. The number of aromatic nitrogens is 2. The molecule has 33 heavy (non-hydrogen) atoms. The fraction of sp³-hybridized carbons (Fsp3) is 0.273. The standard InChI is InChI=1S/C22H22ClF2N5O3/c23-16-7-3-5-14(20(16)25)11-27-18(31)12-29(10-4-9-24)19(32)13-30-17-8-2-1-6-15(17)21(28-30)22(26)33/h1-3,5-8H,4,9-13H2,(H2,26,33)(H,27,31). The summed E-state index contributed by atoms with van der Waals surface area (Å²) in [5.74, 6) is -2.43. The molecule has 0 fully saturated rings. The first kappa shape index (κ1) is 24.1. The summed E-state index contributed by atoms with van der Waals surface area (Å²) in [5.41, 5.74) is 6.11. The maximum Gasteiger partial charge on any atom is 0.269 e. The molecule has 0 unspecified atom stereocenters. The van der Waals surface area contributed by atoms with Gasteiger partial charge in [-0.1, -0.05) is 41.9 Å². The summed E-state index contributed by atoms with van der Waals surface area (Å²) in [5, 5.41) is 7.09. The smallest absolute Gasteiger partial charge is 0.269 e. The normalized spacial score (nSPS) is 10.9. The Hall–Kier alpha value is -3.53. The molecule has 2 aromatic carbocycles. The van der Waals surface area contributed by atoms with Crippen molar-refractivity contribution in [3.8, 4) is 0 Å². The predicted molar refractivity (Wildman–Crippen MR) is 119 cm³/mol. The van der Waals surface area contributed by atoms with Crippen LogP contribution < -0.4 is 11.1 Å². The number of benzene rings is 2. The summed E-state index contributed by atoms with van der Waals surface area (Å²) in [6, 6.07) is 11.2. The van der Waals surface area contributed by atoms with Crippen LogP contribution in [-0.2, 0) is 22.7 Å². The number of para-hydroxylation sites is 1. The second-order valence-corrected chi connectivity index (χ2v) is 7.64. The molecule has 0 atom stereocenters. The first-order valence-corrected chi connectivity index (χ1v) is 10.5. The minimum Gasteiger partial charge on any atom is -0.364 e. The summed E-state index contributed by atoms with van der Waals surface area (Å²) in [7, 11) is 0. The molecule has 0 aliphatic heterocycles. The summed E-state index contributed by atoms with van der Waals surface area (Å²) in [4.78, 5) is 38.2. The van der Waals surface area contributed by atoms with E-state index in [-0.39, 0.29) is 48.9 Å². The molecule has 11 heteroatoms. The number of nitrogens with two attached hydrogens (primary N) is 1. The number of primary amides is 1. The Balaban J connectivity index is 1.71. The molecule has 3 aromatic rings. The van der Waals surface area contributed by atoms with Crippen molar-refractivity contribution >= 4 is 40.2 Å². The minimum absolute atomic E-state index is 0.00381. The molecule has 0 radical (unpaired) electrons. The van der Waals surface area contributed by atoms with Crippen molar-refractivity contribution in [1.82, 2.24) is 20.0 Å². The van der Waals surface area contributed by atoms with Crippen LogP contribution in [0.15, 0.2) is 42.5 Å². The molecule has 3 rings (SSSR count). The van der Waals surface area contributed by atoms with E-state index < -0.39 is 30.2 Å².